The number of hydrogen-bond acceptors (Lipinski definition) is 2. The highest BCUT2D eigenvalue weighted by Gasteiger charge is 2.16. The summed E-state index contributed by atoms with van der Waals surface area (Å²) in [6, 6.07) is 4.86. The topological polar surface area (TPSA) is 70.2 Å². The van der Waals surface area contributed by atoms with Crippen molar-refractivity contribution in [3.63, 3.8) is 0 Å². The van der Waals surface area contributed by atoms with Crippen LogP contribution in [0.15, 0.2) is 18.2 Å². The minimum atomic E-state index is -0.358. The van der Waals surface area contributed by atoms with E-state index in [1.54, 1.807) is 18.2 Å². The number of carbonyl (C=O) groups excluding carboxylic acids is 2. The average molecular weight is 344 g/mol. The Balaban J connectivity index is 1.75. The van der Waals surface area contributed by atoms with Crippen molar-refractivity contribution >= 4 is 40.8 Å². The Bertz CT molecular complexity index is 546. The van der Waals surface area contributed by atoms with E-state index in [4.69, 9.17) is 23.2 Å². The van der Waals surface area contributed by atoms with Gasteiger partial charge in [0.2, 0.25) is 5.91 Å². The molecule has 1 aromatic carbocycles. The predicted molar refractivity (Wildman–Crippen MR) is 88.5 cm³/mol. The lowest BCUT2D eigenvalue weighted by atomic mass is 9.96. The molecule has 0 bridgehead atoms. The summed E-state index contributed by atoms with van der Waals surface area (Å²) in [4.78, 5) is 23.6. The molecule has 1 aromatic rings. The molecule has 7 heteroatoms. The SMILES string of the molecule is O=C(CNC(=O)NC1CCCCC1)Nc1cccc(Cl)c1Cl. The molecule has 3 amide bonds. The maximum atomic E-state index is 11.8. The van der Waals surface area contributed by atoms with Crippen LogP contribution in [0.25, 0.3) is 0 Å². The fourth-order valence-corrected chi connectivity index (χ4v) is 2.79. The molecule has 1 aliphatic rings. The molecule has 1 fully saturated rings. The van der Waals surface area contributed by atoms with Gasteiger partial charge in [-0.05, 0) is 25.0 Å². The van der Waals surface area contributed by atoms with Gasteiger partial charge < -0.3 is 16.0 Å². The third-order valence-corrected chi connectivity index (χ3v) is 4.39. The van der Waals surface area contributed by atoms with E-state index in [1.165, 1.54) is 6.42 Å². The monoisotopic (exact) mass is 343 g/mol. The van der Waals surface area contributed by atoms with E-state index in [0.29, 0.717) is 10.7 Å². The third kappa shape index (κ3) is 5.07. The molecule has 0 spiro atoms. The Morgan fingerprint density at radius 3 is 2.59 bits per heavy atom. The van der Waals surface area contributed by atoms with E-state index < -0.39 is 0 Å². The second-order valence-electron chi connectivity index (χ2n) is 5.31. The van der Waals surface area contributed by atoms with Crippen LogP contribution in [0.3, 0.4) is 0 Å². The molecule has 0 aliphatic heterocycles. The minimum absolute atomic E-state index is 0.124. The molecule has 22 heavy (non-hydrogen) atoms. The zero-order valence-corrected chi connectivity index (χ0v) is 13.6. The van der Waals surface area contributed by atoms with Gasteiger partial charge >= 0.3 is 6.03 Å². The van der Waals surface area contributed by atoms with Crippen molar-refractivity contribution in [2.24, 2.45) is 0 Å². The average Bonchev–Trinajstić information content (AvgIpc) is 2.51. The van der Waals surface area contributed by atoms with Crippen LogP contribution in [0.5, 0.6) is 0 Å². The van der Waals surface area contributed by atoms with Gasteiger partial charge in [-0.1, -0.05) is 48.5 Å². The third-order valence-electron chi connectivity index (χ3n) is 3.58. The smallest absolute Gasteiger partial charge is 0.315 e. The number of carbonyl (C=O) groups is 2. The van der Waals surface area contributed by atoms with Crippen molar-refractivity contribution in [3.05, 3.63) is 28.2 Å². The van der Waals surface area contributed by atoms with Gasteiger partial charge in [0.25, 0.3) is 0 Å². The molecule has 0 atom stereocenters. The van der Waals surface area contributed by atoms with Crippen LogP contribution in [-0.2, 0) is 4.79 Å². The lowest BCUT2D eigenvalue weighted by Gasteiger charge is -2.22. The van der Waals surface area contributed by atoms with E-state index in [2.05, 4.69) is 16.0 Å². The molecular weight excluding hydrogens is 325 g/mol. The van der Waals surface area contributed by atoms with Crippen LogP contribution in [-0.4, -0.2) is 24.5 Å². The van der Waals surface area contributed by atoms with Gasteiger partial charge in [0.05, 0.1) is 22.3 Å². The maximum absolute atomic E-state index is 11.8. The molecule has 0 saturated heterocycles. The molecule has 3 N–H and O–H groups in total. The Morgan fingerprint density at radius 1 is 1.14 bits per heavy atom. The summed E-state index contributed by atoms with van der Waals surface area (Å²) in [5, 5.41) is 8.68. The Labute approximate surface area is 139 Å². The standard InChI is InChI=1S/C15H19Cl2N3O2/c16-11-7-4-8-12(14(11)17)20-13(21)9-18-15(22)19-10-5-2-1-3-6-10/h4,7-8,10H,1-3,5-6,9H2,(H,20,21)(H2,18,19,22). The number of nitrogens with one attached hydrogen (secondary N) is 3. The van der Waals surface area contributed by atoms with Gasteiger partial charge in [0, 0.05) is 6.04 Å². The summed E-state index contributed by atoms with van der Waals surface area (Å²) in [5.74, 6) is -0.358. The lowest BCUT2D eigenvalue weighted by Crippen LogP contribution is -2.45. The van der Waals surface area contributed by atoms with Crippen molar-refractivity contribution in [1.29, 1.82) is 0 Å². The fraction of sp³-hybridized carbons (Fsp3) is 0.467. The highest BCUT2D eigenvalue weighted by Crippen LogP contribution is 2.29. The van der Waals surface area contributed by atoms with Gasteiger partial charge in [0.15, 0.2) is 0 Å². The number of urea groups is 1. The zero-order chi connectivity index (χ0) is 15.9. The molecule has 1 saturated carbocycles. The summed E-state index contributed by atoms with van der Waals surface area (Å²) in [6.07, 6.45) is 5.50. The predicted octanol–water partition coefficient (Wildman–Crippen LogP) is 3.56. The van der Waals surface area contributed by atoms with Crippen LogP contribution in [0.4, 0.5) is 10.5 Å². The van der Waals surface area contributed by atoms with Crippen molar-refractivity contribution in [2.75, 3.05) is 11.9 Å². The second-order valence-corrected chi connectivity index (χ2v) is 6.10. The van der Waals surface area contributed by atoms with Gasteiger partial charge in [-0.3, -0.25) is 4.79 Å². The Morgan fingerprint density at radius 2 is 1.86 bits per heavy atom. The van der Waals surface area contributed by atoms with E-state index in [0.717, 1.165) is 25.7 Å². The number of halogens is 2. The van der Waals surface area contributed by atoms with E-state index in [-0.39, 0.29) is 29.5 Å². The van der Waals surface area contributed by atoms with Crippen molar-refractivity contribution in [1.82, 2.24) is 10.6 Å². The zero-order valence-electron chi connectivity index (χ0n) is 12.1. The summed E-state index contributed by atoms with van der Waals surface area (Å²) in [6.45, 7) is -0.124. The van der Waals surface area contributed by atoms with Crippen LogP contribution in [0.2, 0.25) is 10.0 Å². The van der Waals surface area contributed by atoms with Crippen LogP contribution < -0.4 is 16.0 Å². The quantitative estimate of drug-likeness (QED) is 0.782. The van der Waals surface area contributed by atoms with Gasteiger partial charge in [-0.2, -0.15) is 0 Å². The fourth-order valence-electron chi connectivity index (χ4n) is 2.44. The van der Waals surface area contributed by atoms with Gasteiger partial charge in [0.1, 0.15) is 0 Å². The number of hydrogen-bond donors (Lipinski definition) is 3. The molecule has 120 valence electrons. The number of rotatable bonds is 4. The first kappa shape index (κ1) is 16.9. The number of benzene rings is 1. The Hall–Kier alpha value is -1.46. The largest absolute Gasteiger partial charge is 0.335 e. The normalized spacial score (nSPS) is 15.2. The van der Waals surface area contributed by atoms with Crippen molar-refractivity contribution < 1.29 is 9.59 Å². The summed E-state index contributed by atoms with van der Waals surface area (Å²) >= 11 is 11.9. The first-order chi connectivity index (χ1) is 10.6. The van der Waals surface area contributed by atoms with Crippen molar-refractivity contribution in [2.45, 2.75) is 38.1 Å². The van der Waals surface area contributed by atoms with Crippen LogP contribution in [0.1, 0.15) is 32.1 Å². The molecule has 5 nitrogen and oxygen atoms in total. The number of anilines is 1. The molecule has 0 aromatic heterocycles. The molecule has 0 radical (unpaired) electrons. The summed E-state index contributed by atoms with van der Waals surface area (Å²) < 4.78 is 0. The maximum Gasteiger partial charge on any atom is 0.315 e. The first-order valence-corrected chi connectivity index (χ1v) is 8.10. The molecule has 1 aliphatic carbocycles. The Kier molecular flexibility index (Phi) is 6.34. The van der Waals surface area contributed by atoms with E-state index >= 15 is 0 Å². The highest BCUT2D eigenvalue weighted by molar-refractivity contribution is 6.44. The summed E-state index contributed by atoms with van der Waals surface area (Å²) in [7, 11) is 0. The molecular formula is C15H19Cl2N3O2. The van der Waals surface area contributed by atoms with Gasteiger partial charge in [-0.15, -0.1) is 0 Å². The molecule has 0 unspecified atom stereocenters. The molecule has 0 heterocycles. The second kappa shape index (κ2) is 8.25. The minimum Gasteiger partial charge on any atom is -0.335 e. The lowest BCUT2D eigenvalue weighted by molar-refractivity contribution is -0.115. The highest BCUT2D eigenvalue weighted by atomic mass is 35.5. The first-order valence-electron chi connectivity index (χ1n) is 7.34. The number of amides is 3. The molecule has 2 rings (SSSR count). The van der Waals surface area contributed by atoms with Crippen LogP contribution in [0, 0.1) is 0 Å². The van der Waals surface area contributed by atoms with E-state index in [1.807, 2.05) is 0 Å². The van der Waals surface area contributed by atoms with Gasteiger partial charge in [-0.25, -0.2) is 4.79 Å². The van der Waals surface area contributed by atoms with Crippen molar-refractivity contribution in [3.8, 4) is 0 Å². The summed E-state index contributed by atoms with van der Waals surface area (Å²) in [5.41, 5.74) is 0.425. The van der Waals surface area contributed by atoms with E-state index in [9.17, 15) is 9.59 Å². The van der Waals surface area contributed by atoms with Crippen LogP contribution >= 0.6 is 23.2 Å².